The Morgan fingerprint density at radius 1 is 1.33 bits per heavy atom. The van der Waals surface area contributed by atoms with Gasteiger partial charge in [0.1, 0.15) is 0 Å². The molecule has 0 spiro atoms. The van der Waals surface area contributed by atoms with Crippen LogP contribution >= 0.6 is 11.6 Å². The highest BCUT2D eigenvalue weighted by Gasteiger charge is 2.38. The lowest BCUT2D eigenvalue weighted by Crippen LogP contribution is -2.35. The van der Waals surface area contributed by atoms with E-state index in [1.807, 2.05) is 0 Å². The SMILES string of the molecule is Clc1cnc(N2CC[C@H]3CNC[C@H]32)nc1. The molecule has 4 nitrogen and oxygen atoms in total. The second-order valence-electron chi connectivity index (χ2n) is 4.17. The molecular formula is C10H13ClN4. The molecular weight excluding hydrogens is 212 g/mol. The maximum Gasteiger partial charge on any atom is 0.225 e. The molecule has 0 saturated carbocycles. The van der Waals surface area contributed by atoms with Crippen LogP contribution in [0.4, 0.5) is 5.95 Å². The van der Waals surface area contributed by atoms with Crippen molar-refractivity contribution in [3.63, 3.8) is 0 Å². The highest BCUT2D eigenvalue weighted by Crippen LogP contribution is 2.29. The fourth-order valence-electron chi connectivity index (χ4n) is 2.55. The van der Waals surface area contributed by atoms with Crippen molar-refractivity contribution in [1.29, 1.82) is 0 Å². The lowest BCUT2D eigenvalue weighted by molar-refractivity contribution is 0.576. The molecule has 0 amide bonds. The van der Waals surface area contributed by atoms with Crippen LogP contribution in [0.3, 0.4) is 0 Å². The second-order valence-corrected chi connectivity index (χ2v) is 4.61. The quantitative estimate of drug-likeness (QED) is 0.771. The minimum Gasteiger partial charge on any atom is -0.336 e. The number of nitrogens with zero attached hydrogens (tertiary/aromatic N) is 3. The molecule has 0 aromatic carbocycles. The second kappa shape index (κ2) is 3.61. The van der Waals surface area contributed by atoms with E-state index in [0.717, 1.165) is 31.5 Å². The molecule has 5 heteroatoms. The lowest BCUT2D eigenvalue weighted by Gasteiger charge is -2.22. The molecule has 15 heavy (non-hydrogen) atoms. The number of anilines is 1. The van der Waals surface area contributed by atoms with Crippen LogP contribution in [0.25, 0.3) is 0 Å². The van der Waals surface area contributed by atoms with Gasteiger partial charge in [0.25, 0.3) is 0 Å². The fourth-order valence-corrected chi connectivity index (χ4v) is 2.65. The molecule has 0 aliphatic carbocycles. The van der Waals surface area contributed by atoms with Crippen LogP contribution in [0.15, 0.2) is 12.4 Å². The Labute approximate surface area is 93.7 Å². The third kappa shape index (κ3) is 1.58. The molecule has 3 rings (SSSR count). The molecule has 1 N–H and O–H groups in total. The van der Waals surface area contributed by atoms with E-state index in [2.05, 4.69) is 20.2 Å². The first-order valence-electron chi connectivity index (χ1n) is 5.29. The van der Waals surface area contributed by atoms with E-state index >= 15 is 0 Å². The van der Waals surface area contributed by atoms with Crippen molar-refractivity contribution in [3.8, 4) is 0 Å². The van der Waals surface area contributed by atoms with Crippen LogP contribution in [0.2, 0.25) is 5.02 Å². The third-order valence-electron chi connectivity index (χ3n) is 3.31. The van der Waals surface area contributed by atoms with Crippen LogP contribution in [-0.2, 0) is 0 Å². The van der Waals surface area contributed by atoms with Crippen molar-refractivity contribution < 1.29 is 0 Å². The summed E-state index contributed by atoms with van der Waals surface area (Å²) in [6, 6.07) is 0.575. The van der Waals surface area contributed by atoms with E-state index in [1.165, 1.54) is 6.42 Å². The van der Waals surface area contributed by atoms with Crippen LogP contribution in [-0.4, -0.2) is 35.6 Å². The summed E-state index contributed by atoms with van der Waals surface area (Å²) in [6.07, 6.45) is 4.57. The van der Waals surface area contributed by atoms with E-state index in [1.54, 1.807) is 12.4 Å². The van der Waals surface area contributed by atoms with Crippen molar-refractivity contribution in [1.82, 2.24) is 15.3 Å². The largest absolute Gasteiger partial charge is 0.336 e. The normalized spacial score (nSPS) is 29.5. The predicted molar refractivity (Wildman–Crippen MR) is 59.2 cm³/mol. The molecule has 2 fully saturated rings. The van der Waals surface area contributed by atoms with Gasteiger partial charge in [-0.15, -0.1) is 0 Å². The molecule has 2 saturated heterocycles. The van der Waals surface area contributed by atoms with Crippen LogP contribution < -0.4 is 10.2 Å². The summed E-state index contributed by atoms with van der Waals surface area (Å²) in [6.45, 7) is 3.25. The summed E-state index contributed by atoms with van der Waals surface area (Å²) in [5.74, 6) is 1.58. The molecule has 0 unspecified atom stereocenters. The van der Waals surface area contributed by atoms with Gasteiger partial charge in [0.2, 0.25) is 5.95 Å². The topological polar surface area (TPSA) is 41.1 Å². The molecule has 0 radical (unpaired) electrons. The summed E-state index contributed by atoms with van der Waals surface area (Å²) in [7, 11) is 0. The number of rotatable bonds is 1. The average Bonchev–Trinajstić information content (AvgIpc) is 2.80. The van der Waals surface area contributed by atoms with E-state index in [-0.39, 0.29) is 0 Å². The maximum absolute atomic E-state index is 5.77. The van der Waals surface area contributed by atoms with Crippen LogP contribution in [0, 0.1) is 5.92 Å². The van der Waals surface area contributed by atoms with Gasteiger partial charge in [0.05, 0.1) is 17.4 Å². The van der Waals surface area contributed by atoms with Gasteiger partial charge in [-0.3, -0.25) is 0 Å². The summed E-state index contributed by atoms with van der Waals surface area (Å²) in [4.78, 5) is 10.8. The zero-order valence-corrected chi connectivity index (χ0v) is 9.11. The molecule has 80 valence electrons. The monoisotopic (exact) mass is 224 g/mol. The summed E-state index contributed by atoms with van der Waals surface area (Å²) < 4.78 is 0. The minimum atomic E-state index is 0.575. The Bertz CT molecular complexity index is 353. The smallest absolute Gasteiger partial charge is 0.225 e. The first kappa shape index (κ1) is 9.36. The van der Waals surface area contributed by atoms with Crippen LogP contribution in [0.1, 0.15) is 6.42 Å². The first-order chi connectivity index (χ1) is 7.34. The zero-order valence-electron chi connectivity index (χ0n) is 8.36. The zero-order chi connectivity index (χ0) is 10.3. The van der Waals surface area contributed by atoms with E-state index in [0.29, 0.717) is 11.1 Å². The number of halogens is 1. The van der Waals surface area contributed by atoms with E-state index in [4.69, 9.17) is 11.6 Å². The molecule has 1 aromatic rings. The van der Waals surface area contributed by atoms with Gasteiger partial charge in [-0.25, -0.2) is 9.97 Å². The van der Waals surface area contributed by atoms with Gasteiger partial charge in [-0.2, -0.15) is 0 Å². The van der Waals surface area contributed by atoms with Gasteiger partial charge >= 0.3 is 0 Å². The number of hydrogen-bond acceptors (Lipinski definition) is 4. The molecule has 1 aromatic heterocycles. The highest BCUT2D eigenvalue weighted by atomic mass is 35.5. The van der Waals surface area contributed by atoms with Gasteiger partial charge in [-0.1, -0.05) is 11.6 Å². The summed E-state index contributed by atoms with van der Waals surface area (Å²) in [5, 5.41) is 4.01. The Balaban J connectivity index is 1.85. The summed E-state index contributed by atoms with van der Waals surface area (Å²) >= 11 is 5.77. The Morgan fingerprint density at radius 2 is 2.13 bits per heavy atom. The Hall–Kier alpha value is -0.870. The van der Waals surface area contributed by atoms with Gasteiger partial charge in [-0.05, 0) is 12.3 Å². The maximum atomic E-state index is 5.77. The number of fused-ring (bicyclic) bond motifs is 1. The Morgan fingerprint density at radius 3 is 2.93 bits per heavy atom. The average molecular weight is 225 g/mol. The minimum absolute atomic E-state index is 0.575. The summed E-state index contributed by atoms with van der Waals surface area (Å²) in [5.41, 5.74) is 0. The molecule has 2 atom stereocenters. The third-order valence-corrected chi connectivity index (χ3v) is 3.50. The van der Waals surface area contributed by atoms with Gasteiger partial charge in [0, 0.05) is 25.7 Å². The van der Waals surface area contributed by atoms with Crippen molar-refractivity contribution >= 4 is 17.5 Å². The van der Waals surface area contributed by atoms with Crippen molar-refractivity contribution in [2.24, 2.45) is 5.92 Å². The standard InChI is InChI=1S/C10H13ClN4/c11-8-4-13-10(14-5-8)15-2-1-7-3-12-6-9(7)15/h4-5,7,9,12H,1-3,6H2/t7-,9+/m0/s1. The highest BCUT2D eigenvalue weighted by molar-refractivity contribution is 6.30. The fraction of sp³-hybridized carbons (Fsp3) is 0.600. The van der Waals surface area contributed by atoms with Crippen molar-refractivity contribution in [3.05, 3.63) is 17.4 Å². The lowest BCUT2D eigenvalue weighted by atomic mass is 10.1. The van der Waals surface area contributed by atoms with Gasteiger partial charge in [0.15, 0.2) is 0 Å². The first-order valence-corrected chi connectivity index (χ1v) is 5.67. The van der Waals surface area contributed by atoms with Crippen molar-refractivity contribution in [2.75, 3.05) is 24.5 Å². The molecule has 3 heterocycles. The van der Waals surface area contributed by atoms with E-state index < -0.39 is 0 Å². The number of aromatic nitrogens is 2. The molecule has 2 aliphatic rings. The van der Waals surface area contributed by atoms with Crippen LogP contribution in [0.5, 0.6) is 0 Å². The predicted octanol–water partition coefficient (Wildman–Crippen LogP) is 0.928. The number of nitrogens with one attached hydrogen (secondary N) is 1. The Kier molecular flexibility index (Phi) is 2.25. The molecule has 0 bridgehead atoms. The van der Waals surface area contributed by atoms with Gasteiger partial charge < -0.3 is 10.2 Å². The molecule has 2 aliphatic heterocycles. The van der Waals surface area contributed by atoms with E-state index in [9.17, 15) is 0 Å². The van der Waals surface area contributed by atoms with Crippen molar-refractivity contribution in [2.45, 2.75) is 12.5 Å². The number of hydrogen-bond donors (Lipinski definition) is 1.